The van der Waals surface area contributed by atoms with Crippen LogP contribution >= 0.6 is 0 Å². The molecule has 73 heavy (non-hydrogen) atoms. The van der Waals surface area contributed by atoms with Crippen molar-refractivity contribution >= 4 is 0 Å². The lowest BCUT2D eigenvalue weighted by Crippen LogP contribution is -2.65. The smallest absolute Gasteiger partial charge is 0.187 e. The van der Waals surface area contributed by atoms with Gasteiger partial charge in [0, 0.05) is 0 Å². The Morgan fingerprint density at radius 1 is 0.274 bits per heavy atom. The van der Waals surface area contributed by atoms with Crippen LogP contribution in [0.4, 0.5) is 0 Å². The van der Waals surface area contributed by atoms with Crippen LogP contribution in [0.2, 0.25) is 0 Å². The first-order chi connectivity index (χ1) is 34.8. The van der Waals surface area contributed by atoms with Gasteiger partial charge in [-0.05, 0) is 0 Å². The molecule has 8 aliphatic rings. The predicted octanol–water partition coefficient (Wildman–Crippen LogP) is -13.3. The van der Waals surface area contributed by atoms with E-state index in [2.05, 4.69) is 0 Å². The van der Waals surface area contributed by atoms with Crippen molar-refractivity contribution in [2.24, 2.45) is 0 Å². The Labute approximate surface area is 412 Å². The molecule has 0 amide bonds. The molecule has 8 heterocycles. The maximum absolute atomic E-state index is 12.0. The molecule has 424 valence electrons. The highest BCUT2D eigenvalue weighted by molar-refractivity contribution is 4.98. The van der Waals surface area contributed by atoms with Crippen LogP contribution < -0.4 is 0 Å². The summed E-state index contributed by atoms with van der Waals surface area (Å²) in [4.78, 5) is 0. The van der Waals surface area contributed by atoms with Crippen LogP contribution in [0.1, 0.15) is 0 Å². The van der Waals surface area contributed by atoms with Gasteiger partial charge in [0.15, 0.2) is 50.3 Å². The molecule has 0 spiro atoms. The fourth-order valence-electron chi connectivity index (χ4n) is 9.34. The van der Waals surface area contributed by atoms with Gasteiger partial charge < -0.3 is 163 Å². The minimum Gasteiger partial charge on any atom is -0.394 e. The van der Waals surface area contributed by atoms with E-state index in [9.17, 15) is 91.9 Å². The molecule has 8 rings (SSSR count). The van der Waals surface area contributed by atoms with Gasteiger partial charge in [-0.15, -0.1) is 0 Å². The summed E-state index contributed by atoms with van der Waals surface area (Å²) in [5.41, 5.74) is 0. The normalized spacial score (nSPS) is 54.0. The largest absolute Gasteiger partial charge is 0.394 e. The van der Waals surface area contributed by atoms with Crippen molar-refractivity contribution in [2.45, 2.75) is 197 Å². The highest BCUT2D eigenvalue weighted by atomic mass is 16.8. The first-order valence-electron chi connectivity index (χ1n) is 23.4. The molecule has 18 N–H and O–H groups in total. The Morgan fingerprint density at radius 3 is 1.11 bits per heavy atom. The lowest BCUT2D eigenvalue weighted by molar-refractivity contribution is -0.389. The molecule has 0 aromatic rings. The number of aliphatic hydroxyl groups excluding tert-OH is 18. The minimum absolute atomic E-state index is 0.466. The zero-order chi connectivity index (χ0) is 52.7. The van der Waals surface area contributed by atoms with E-state index in [-0.39, 0.29) is 0 Å². The highest BCUT2D eigenvalue weighted by Gasteiger charge is 2.57. The van der Waals surface area contributed by atoms with E-state index in [0.717, 1.165) is 0 Å². The second-order valence-electron chi connectivity index (χ2n) is 18.7. The van der Waals surface area contributed by atoms with Gasteiger partial charge in [-0.3, -0.25) is 0 Å². The van der Waals surface area contributed by atoms with Gasteiger partial charge in [0.05, 0.1) is 52.9 Å². The zero-order valence-corrected chi connectivity index (χ0v) is 38.3. The number of hydrogen-bond acceptors (Lipinski definition) is 33. The summed E-state index contributed by atoms with van der Waals surface area (Å²) in [5, 5.41) is 190. The molecule has 0 aliphatic carbocycles. The molecule has 0 radical (unpaired) electrons. The van der Waals surface area contributed by atoms with Crippen molar-refractivity contribution in [3.05, 3.63) is 0 Å². The third-order valence-electron chi connectivity index (χ3n) is 13.7. The molecule has 33 nitrogen and oxygen atoms in total. The van der Waals surface area contributed by atoms with Gasteiger partial charge in [0.1, 0.15) is 146 Å². The predicted molar refractivity (Wildman–Crippen MR) is 216 cm³/mol. The second-order valence-corrected chi connectivity index (χ2v) is 18.7. The topological polar surface area (TPSA) is 503 Å². The Hall–Kier alpha value is -1.32. The van der Waals surface area contributed by atoms with Gasteiger partial charge in [-0.25, -0.2) is 0 Å². The van der Waals surface area contributed by atoms with Crippen molar-refractivity contribution in [1.82, 2.24) is 0 Å². The van der Waals surface area contributed by atoms with Crippen molar-refractivity contribution < 1.29 is 163 Å². The molecule has 33 heteroatoms. The van der Waals surface area contributed by atoms with Crippen molar-refractivity contribution in [2.75, 3.05) is 52.9 Å². The maximum atomic E-state index is 12.0. The van der Waals surface area contributed by atoms with Gasteiger partial charge in [-0.2, -0.15) is 0 Å². The van der Waals surface area contributed by atoms with Crippen LogP contribution in [0, 0.1) is 0 Å². The maximum Gasteiger partial charge on any atom is 0.187 e. The Morgan fingerprint density at radius 2 is 0.616 bits per heavy atom. The van der Waals surface area contributed by atoms with Crippen LogP contribution in [0.25, 0.3) is 0 Å². The number of ether oxygens (including phenoxy) is 15. The summed E-state index contributed by atoms with van der Waals surface area (Å²) >= 11 is 0. The molecule has 0 aromatic carbocycles. The number of hydrogen-bond donors (Lipinski definition) is 18. The number of rotatable bonds is 17. The molecular formula is C40H66O33. The van der Waals surface area contributed by atoms with Gasteiger partial charge in [-0.1, -0.05) is 0 Å². The SMILES string of the molecule is OC[C@@H]1O[C@@H](O[C@@H]2[C@@H](O)[C@H](O[C@@H]3CO[C@@H](O[C@@H]4CO[C@@H](O[C@@H]5COC(O)[C@H](O)[C@H]5O)[C@H](O)[C@H]4O)[C@H](O[C@@H]4O[C@@H](CO)[C@H](O)[C@H]4O)[C@H]3O[C@@H]3O[C@@H](CO)[C@H](O)[C@H]3O)OC[C@H]2O[C@@H]2OC[C@@H](O)[C@H](O)[C@H]2O)[C@H](O)[C@H]1O. The van der Waals surface area contributed by atoms with Gasteiger partial charge in [0.25, 0.3) is 0 Å². The van der Waals surface area contributed by atoms with E-state index < -0.39 is 250 Å². The van der Waals surface area contributed by atoms with E-state index in [1.54, 1.807) is 0 Å². The summed E-state index contributed by atoms with van der Waals surface area (Å²) in [7, 11) is 0. The summed E-state index contributed by atoms with van der Waals surface area (Å²) in [6.45, 7) is -5.38. The molecule has 8 fully saturated rings. The van der Waals surface area contributed by atoms with Crippen LogP contribution in [0.15, 0.2) is 0 Å². The first kappa shape index (κ1) is 57.8. The number of aliphatic hydroxyl groups is 18. The summed E-state index contributed by atoms with van der Waals surface area (Å²) in [6.07, 6.45) is -55.7. The molecule has 8 saturated heterocycles. The zero-order valence-electron chi connectivity index (χ0n) is 38.3. The average Bonchev–Trinajstić information content (AvgIpc) is 3.93. The molecule has 8 aliphatic heterocycles. The molecule has 1 unspecified atom stereocenters. The van der Waals surface area contributed by atoms with E-state index in [0.29, 0.717) is 0 Å². The third-order valence-corrected chi connectivity index (χ3v) is 13.7. The van der Waals surface area contributed by atoms with Crippen LogP contribution in [-0.4, -0.2) is 342 Å². The van der Waals surface area contributed by atoms with E-state index in [4.69, 9.17) is 71.1 Å². The Balaban J connectivity index is 1.06. The van der Waals surface area contributed by atoms with Crippen LogP contribution in [0.5, 0.6) is 0 Å². The van der Waals surface area contributed by atoms with Crippen molar-refractivity contribution in [1.29, 1.82) is 0 Å². The van der Waals surface area contributed by atoms with Gasteiger partial charge >= 0.3 is 0 Å². The van der Waals surface area contributed by atoms with E-state index >= 15 is 0 Å². The standard InChI is InChI=1S/C40H66O33/c41-1-10-18(46)26(54)37(64-10)71-30-15(69-34-24(52)17(45)9(44)4-60-34)7-62-36(29(30)57)70-16-8-63-40(68-14-6-61-35(25(53)22(14)50)67-13-5-59-33(58)23(51)21(13)49)32(73-39-28(56)20(48)12(3-43)66-39)31(16)72-38-27(55)19(47)11(2-42)65-38/h9-58H,1-8H2/t9-,10+,11+,12+,13-,14-,15-,16-,17+,18+,19+,20+,21+,22+,23-,24-,25-,26-,27-,28-,29-,30+,31+,32-,33?,34+,35+,36+,37+,38+,39+,40+/m1/s1. The van der Waals surface area contributed by atoms with Crippen LogP contribution in [0.3, 0.4) is 0 Å². The fraction of sp³-hybridized carbons (Fsp3) is 1.00. The minimum atomic E-state index is -2.07. The van der Waals surface area contributed by atoms with Crippen molar-refractivity contribution in [3.8, 4) is 0 Å². The van der Waals surface area contributed by atoms with E-state index in [1.165, 1.54) is 0 Å². The van der Waals surface area contributed by atoms with Gasteiger partial charge in [0.2, 0.25) is 0 Å². The monoisotopic (exact) mass is 1070 g/mol. The summed E-state index contributed by atoms with van der Waals surface area (Å²) in [6, 6.07) is 0. The third kappa shape index (κ3) is 12.1. The molecule has 0 aromatic heterocycles. The molecule has 32 atom stereocenters. The lowest BCUT2D eigenvalue weighted by atomic mass is 10.0. The summed E-state index contributed by atoms with van der Waals surface area (Å²) in [5.74, 6) is 0. The van der Waals surface area contributed by atoms with Crippen molar-refractivity contribution in [3.63, 3.8) is 0 Å². The van der Waals surface area contributed by atoms with Crippen LogP contribution in [-0.2, 0) is 71.1 Å². The average molecular weight is 1070 g/mol. The highest BCUT2D eigenvalue weighted by Crippen LogP contribution is 2.38. The molecule has 0 saturated carbocycles. The van der Waals surface area contributed by atoms with E-state index in [1.807, 2.05) is 0 Å². The first-order valence-corrected chi connectivity index (χ1v) is 23.4. The Kier molecular flexibility index (Phi) is 19.6. The summed E-state index contributed by atoms with van der Waals surface area (Å²) < 4.78 is 86.5. The molecular weight excluding hydrogens is 1010 g/mol. The molecule has 0 bridgehead atoms. The lowest BCUT2D eigenvalue weighted by Gasteiger charge is -2.48. The fourth-order valence-corrected chi connectivity index (χ4v) is 9.34. The Bertz CT molecular complexity index is 1710. The quantitative estimate of drug-likeness (QED) is 0.0643. The second kappa shape index (κ2) is 24.8.